The van der Waals surface area contributed by atoms with Gasteiger partial charge in [0.1, 0.15) is 5.75 Å². The number of hydrogen-bond donors (Lipinski definition) is 1. The molecule has 1 aromatic carbocycles. The molecular weight excluding hydrogens is 322 g/mol. The molecule has 0 saturated heterocycles. The quantitative estimate of drug-likeness (QED) is 0.785. The summed E-state index contributed by atoms with van der Waals surface area (Å²) in [6, 6.07) is 5.92. The van der Waals surface area contributed by atoms with Crippen molar-refractivity contribution < 1.29 is 14.6 Å². The zero-order valence-corrected chi connectivity index (χ0v) is 13.8. The predicted octanol–water partition coefficient (Wildman–Crippen LogP) is 3.39. The summed E-state index contributed by atoms with van der Waals surface area (Å²) in [4.78, 5) is 12.9. The van der Waals surface area contributed by atoms with Crippen LogP contribution in [0.5, 0.6) is 5.75 Å². The van der Waals surface area contributed by atoms with Gasteiger partial charge in [0, 0.05) is 23.1 Å². The lowest BCUT2D eigenvalue weighted by Crippen LogP contribution is -2.28. The number of halogens is 1. The number of nitrogens with zero attached hydrogens (tertiary/aromatic N) is 1. The lowest BCUT2D eigenvalue weighted by atomic mass is 10.1. The van der Waals surface area contributed by atoms with Gasteiger partial charge in [-0.25, -0.2) is 0 Å². The average molecular weight is 344 g/mol. The minimum atomic E-state index is -0.770. The Morgan fingerprint density at radius 2 is 2.20 bits per heavy atom. The van der Waals surface area contributed by atoms with Gasteiger partial charge in [-0.2, -0.15) is 0 Å². The van der Waals surface area contributed by atoms with Gasteiger partial charge in [0.15, 0.2) is 0 Å². The van der Waals surface area contributed by atoms with E-state index in [1.165, 1.54) is 0 Å². The number of carbonyl (C=O) groups is 1. The van der Waals surface area contributed by atoms with E-state index in [0.29, 0.717) is 19.7 Å². The van der Waals surface area contributed by atoms with Gasteiger partial charge in [0.25, 0.3) is 0 Å². The Balaban J connectivity index is 2.73. The molecule has 1 N–H and O–H groups in total. The van der Waals surface area contributed by atoms with Crippen LogP contribution in [0.25, 0.3) is 0 Å². The molecule has 0 heterocycles. The van der Waals surface area contributed by atoms with Crippen LogP contribution in [0.3, 0.4) is 0 Å². The minimum absolute atomic E-state index is 0.382. The van der Waals surface area contributed by atoms with Gasteiger partial charge in [-0.1, -0.05) is 29.8 Å². The first kappa shape index (κ1) is 17.0. The first-order chi connectivity index (χ1) is 9.43. The van der Waals surface area contributed by atoms with Crippen molar-refractivity contribution >= 4 is 21.9 Å². The first-order valence-corrected chi connectivity index (χ1v) is 7.56. The Kier molecular flexibility index (Phi) is 7.02. The summed E-state index contributed by atoms with van der Waals surface area (Å²) < 4.78 is 6.73. The van der Waals surface area contributed by atoms with Gasteiger partial charge in [0.05, 0.1) is 12.5 Å². The molecule has 0 radical (unpaired) electrons. The van der Waals surface area contributed by atoms with Gasteiger partial charge in [0.2, 0.25) is 0 Å². The van der Waals surface area contributed by atoms with Crippen molar-refractivity contribution in [3.8, 4) is 5.75 Å². The molecule has 0 spiro atoms. The van der Waals surface area contributed by atoms with E-state index in [9.17, 15) is 4.79 Å². The van der Waals surface area contributed by atoms with E-state index in [4.69, 9.17) is 9.84 Å². The molecule has 112 valence electrons. The van der Waals surface area contributed by atoms with Gasteiger partial charge < -0.3 is 14.7 Å². The van der Waals surface area contributed by atoms with Gasteiger partial charge in [-0.3, -0.25) is 4.79 Å². The van der Waals surface area contributed by atoms with Crippen LogP contribution in [0.2, 0.25) is 0 Å². The summed E-state index contributed by atoms with van der Waals surface area (Å²) >= 11 is 3.46. The Labute approximate surface area is 128 Å². The largest absolute Gasteiger partial charge is 0.493 e. The Hall–Kier alpha value is -1.07. The van der Waals surface area contributed by atoms with Gasteiger partial charge >= 0.3 is 5.97 Å². The molecule has 0 aliphatic heterocycles. The van der Waals surface area contributed by atoms with Crippen LogP contribution in [0.15, 0.2) is 22.7 Å². The topological polar surface area (TPSA) is 49.8 Å². The molecular formula is C15H22BrNO3. The van der Waals surface area contributed by atoms with Crippen LogP contribution in [-0.4, -0.2) is 36.2 Å². The SMILES string of the molecule is CCCOc1ccc(Br)cc1CN(C)CC(C)C(=O)O. The highest BCUT2D eigenvalue weighted by molar-refractivity contribution is 9.10. The third kappa shape index (κ3) is 5.51. The zero-order valence-electron chi connectivity index (χ0n) is 12.2. The lowest BCUT2D eigenvalue weighted by molar-refractivity contribution is -0.141. The van der Waals surface area contributed by atoms with Crippen molar-refractivity contribution in [1.82, 2.24) is 4.90 Å². The average Bonchev–Trinajstić information content (AvgIpc) is 2.37. The number of carboxylic acid groups (broad SMARTS) is 1. The van der Waals surface area contributed by atoms with Crippen molar-refractivity contribution in [2.24, 2.45) is 5.92 Å². The molecule has 1 atom stereocenters. The van der Waals surface area contributed by atoms with Crippen molar-refractivity contribution in [3.05, 3.63) is 28.2 Å². The van der Waals surface area contributed by atoms with Crippen LogP contribution >= 0.6 is 15.9 Å². The highest BCUT2D eigenvalue weighted by Gasteiger charge is 2.15. The van der Waals surface area contributed by atoms with E-state index in [1.807, 2.05) is 30.1 Å². The molecule has 1 rings (SSSR count). The summed E-state index contributed by atoms with van der Waals surface area (Å²) in [7, 11) is 1.92. The van der Waals surface area contributed by atoms with E-state index < -0.39 is 5.97 Å². The van der Waals surface area contributed by atoms with Gasteiger partial charge in [-0.05, 0) is 31.7 Å². The third-order valence-electron chi connectivity index (χ3n) is 2.93. The fourth-order valence-electron chi connectivity index (χ4n) is 1.93. The van der Waals surface area contributed by atoms with E-state index in [-0.39, 0.29) is 5.92 Å². The monoisotopic (exact) mass is 343 g/mol. The molecule has 0 amide bonds. The molecule has 0 aromatic heterocycles. The minimum Gasteiger partial charge on any atom is -0.493 e. The maximum Gasteiger partial charge on any atom is 0.307 e. The number of benzene rings is 1. The zero-order chi connectivity index (χ0) is 15.1. The van der Waals surface area contributed by atoms with Crippen molar-refractivity contribution in [2.75, 3.05) is 20.2 Å². The standard InChI is InChI=1S/C15H22BrNO3/c1-4-7-20-14-6-5-13(16)8-12(14)10-17(3)9-11(2)15(18)19/h5-6,8,11H,4,7,9-10H2,1-3H3,(H,18,19). The van der Waals surface area contributed by atoms with Crippen LogP contribution in [0, 0.1) is 5.92 Å². The van der Waals surface area contributed by atoms with E-state index in [2.05, 4.69) is 22.9 Å². The number of carboxylic acids is 1. The maximum absolute atomic E-state index is 10.9. The number of rotatable bonds is 8. The summed E-state index contributed by atoms with van der Waals surface area (Å²) in [5, 5.41) is 8.95. The normalized spacial score (nSPS) is 12.4. The van der Waals surface area contributed by atoms with Crippen LogP contribution in [0.1, 0.15) is 25.8 Å². The Morgan fingerprint density at radius 3 is 2.80 bits per heavy atom. The molecule has 0 saturated carbocycles. The molecule has 4 nitrogen and oxygen atoms in total. The van der Waals surface area contributed by atoms with E-state index in [0.717, 1.165) is 22.2 Å². The summed E-state index contributed by atoms with van der Waals surface area (Å²) in [6.45, 7) is 5.64. The maximum atomic E-state index is 10.9. The van der Waals surface area contributed by atoms with Crippen molar-refractivity contribution in [1.29, 1.82) is 0 Å². The smallest absolute Gasteiger partial charge is 0.307 e. The molecule has 0 aliphatic rings. The number of aliphatic carboxylic acids is 1. The Morgan fingerprint density at radius 1 is 1.50 bits per heavy atom. The summed E-state index contributed by atoms with van der Waals surface area (Å²) in [5.41, 5.74) is 1.06. The van der Waals surface area contributed by atoms with Crippen molar-refractivity contribution in [3.63, 3.8) is 0 Å². The Bertz CT molecular complexity index is 451. The predicted molar refractivity (Wildman–Crippen MR) is 83.1 cm³/mol. The molecule has 0 fully saturated rings. The van der Waals surface area contributed by atoms with Crippen LogP contribution < -0.4 is 4.74 Å². The number of hydrogen-bond acceptors (Lipinski definition) is 3. The molecule has 1 aromatic rings. The van der Waals surface area contributed by atoms with Crippen LogP contribution in [-0.2, 0) is 11.3 Å². The van der Waals surface area contributed by atoms with E-state index >= 15 is 0 Å². The third-order valence-corrected chi connectivity index (χ3v) is 3.42. The molecule has 0 aliphatic carbocycles. The van der Waals surface area contributed by atoms with Crippen molar-refractivity contribution in [2.45, 2.75) is 26.8 Å². The fraction of sp³-hybridized carbons (Fsp3) is 0.533. The molecule has 1 unspecified atom stereocenters. The highest BCUT2D eigenvalue weighted by Crippen LogP contribution is 2.24. The van der Waals surface area contributed by atoms with E-state index in [1.54, 1.807) is 6.92 Å². The summed E-state index contributed by atoms with van der Waals surface area (Å²) in [6.07, 6.45) is 0.960. The molecule has 0 bridgehead atoms. The first-order valence-electron chi connectivity index (χ1n) is 6.76. The second kappa shape index (κ2) is 8.27. The number of ether oxygens (including phenoxy) is 1. The fourth-order valence-corrected chi connectivity index (χ4v) is 2.33. The van der Waals surface area contributed by atoms with Gasteiger partial charge in [-0.15, -0.1) is 0 Å². The summed E-state index contributed by atoms with van der Waals surface area (Å²) in [5.74, 6) is -0.286. The molecule has 5 heteroatoms. The lowest BCUT2D eigenvalue weighted by Gasteiger charge is -2.21. The molecule has 20 heavy (non-hydrogen) atoms. The second-order valence-corrected chi connectivity index (χ2v) is 5.95. The van der Waals surface area contributed by atoms with Crippen LogP contribution in [0.4, 0.5) is 0 Å². The highest BCUT2D eigenvalue weighted by atomic mass is 79.9. The second-order valence-electron chi connectivity index (χ2n) is 5.04.